The first kappa shape index (κ1) is 20.2. The van der Waals surface area contributed by atoms with Gasteiger partial charge in [0.1, 0.15) is 5.52 Å². The van der Waals surface area contributed by atoms with E-state index in [1.54, 1.807) is 4.57 Å². The van der Waals surface area contributed by atoms with Crippen LogP contribution in [0.15, 0.2) is 40.3 Å². The summed E-state index contributed by atoms with van der Waals surface area (Å²) in [4.78, 5) is 33.1. The summed E-state index contributed by atoms with van der Waals surface area (Å²) >= 11 is 1.29. The average molecular weight is 399 g/mol. The van der Waals surface area contributed by atoms with Crippen molar-refractivity contribution in [2.24, 2.45) is 0 Å². The Kier molecular flexibility index (Phi) is 6.24. The number of hydrogen-bond donors (Lipinski definition) is 2. The first-order chi connectivity index (χ1) is 13.4. The van der Waals surface area contributed by atoms with Crippen LogP contribution in [-0.2, 0) is 11.2 Å². The van der Waals surface area contributed by atoms with Gasteiger partial charge in [-0.05, 0) is 50.5 Å². The molecule has 0 spiro atoms. The van der Waals surface area contributed by atoms with Crippen LogP contribution in [0.4, 0.5) is 5.69 Å². The van der Waals surface area contributed by atoms with Gasteiger partial charge in [-0.15, -0.1) is 0 Å². The number of aromatic amines is 1. The highest BCUT2D eigenvalue weighted by atomic mass is 32.2. The summed E-state index contributed by atoms with van der Waals surface area (Å²) in [6.45, 7) is 8.02. The molecular weight excluding hydrogens is 372 g/mol. The minimum Gasteiger partial charge on any atom is -0.353 e. The molecule has 0 unspecified atom stereocenters. The van der Waals surface area contributed by atoms with E-state index in [4.69, 9.17) is 0 Å². The lowest BCUT2D eigenvalue weighted by atomic mass is 10.1. The first-order valence-corrected chi connectivity index (χ1v) is 10.5. The number of thioether (sulfide) groups is 1. The average Bonchev–Trinajstić information content (AvgIpc) is 3.07. The molecule has 2 N–H and O–H groups in total. The number of fused-ring (bicyclic) bond motifs is 1. The van der Waals surface area contributed by atoms with Gasteiger partial charge in [-0.2, -0.15) is 0 Å². The number of nitrogens with zero attached hydrogens (tertiary/aromatic N) is 2. The van der Waals surface area contributed by atoms with E-state index in [0.717, 1.165) is 24.2 Å². The van der Waals surface area contributed by atoms with E-state index in [0.29, 0.717) is 16.2 Å². The molecule has 1 amide bonds. The van der Waals surface area contributed by atoms with Crippen molar-refractivity contribution in [1.29, 1.82) is 0 Å². The van der Waals surface area contributed by atoms with Crippen molar-refractivity contribution >= 4 is 34.4 Å². The maximum absolute atomic E-state index is 12.9. The fourth-order valence-corrected chi connectivity index (χ4v) is 3.91. The predicted octanol–water partition coefficient (Wildman–Crippen LogP) is 4.30. The third-order valence-electron chi connectivity index (χ3n) is 4.80. The number of aromatic nitrogens is 3. The van der Waals surface area contributed by atoms with Crippen molar-refractivity contribution in [3.05, 3.63) is 51.9 Å². The fraction of sp³-hybridized carbons (Fsp3) is 0.381. The lowest BCUT2D eigenvalue weighted by Gasteiger charge is -2.17. The SMILES string of the molecule is CCc1ccc(NC(=O)CSc2nc3cc(C)[nH]c3c(=O)n2[C@H](C)CC)cc1. The summed E-state index contributed by atoms with van der Waals surface area (Å²) in [7, 11) is 0. The van der Waals surface area contributed by atoms with Crippen LogP contribution in [0.2, 0.25) is 0 Å². The van der Waals surface area contributed by atoms with E-state index in [-0.39, 0.29) is 23.3 Å². The fourth-order valence-electron chi connectivity index (χ4n) is 3.01. The van der Waals surface area contributed by atoms with Crippen molar-refractivity contribution in [3.8, 4) is 0 Å². The zero-order chi connectivity index (χ0) is 20.3. The molecule has 7 heteroatoms. The van der Waals surface area contributed by atoms with Crippen LogP contribution in [0.25, 0.3) is 11.0 Å². The van der Waals surface area contributed by atoms with Crippen molar-refractivity contribution in [1.82, 2.24) is 14.5 Å². The monoisotopic (exact) mass is 398 g/mol. The molecule has 2 aromatic heterocycles. The topological polar surface area (TPSA) is 79.8 Å². The number of carbonyl (C=O) groups excluding carboxylic acids is 1. The molecule has 3 aromatic rings. The molecule has 3 rings (SSSR count). The van der Waals surface area contributed by atoms with E-state index in [1.807, 2.05) is 51.1 Å². The number of hydrogen-bond acceptors (Lipinski definition) is 4. The molecule has 28 heavy (non-hydrogen) atoms. The van der Waals surface area contributed by atoms with E-state index in [1.165, 1.54) is 17.3 Å². The molecule has 2 heterocycles. The highest BCUT2D eigenvalue weighted by Crippen LogP contribution is 2.23. The van der Waals surface area contributed by atoms with Gasteiger partial charge in [0.25, 0.3) is 5.56 Å². The van der Waals surface area contributed by atoms with Gasteiger partial charge >= 0.3 is 0 Å². The molecule has 0 saturated carbocycles. The second-order valence-electron chi connectivity index (χ2n) is 6.93. The Hall–Kier alpha value is -2.54. The molecular formula is C21H26N4O2S. The molecule has 0 saturated heterocycles. The van der Waals surface area contributed by atoms with E-state index in [9.17, 15) is 9.59 Å². The van der Waals surface area contributed by atoms with Crippen LogP contribution in [0.3, 0.4) is 0 Å². The first-order valence-electron chi connectivity index (χ1n) is 9.56. The molecule has 1 atom stereocenters. The Morgan fingerprint density at radius 1 is 1.29 bits per heavy atom. The minimum atomic E-state index is -0.121. The molecule has 148 valence electrons. The second kappa shape index (κ2) is 8.65. The number of nitrogens with one attached hydrogen (secondary N) is 2. The third-order valence-corrected chi connectivity index (χ3v) is 5.75. The van der Waals surface area contributed by atoms with E-state index >= 15 is 0 Å². The van der Waals surface area contributed by atoms with Crippen LogP contribution in [0.5, 0.6) is 0 Å². The number of anilines is 1. The lowest BCUT2D eigenvalue weighted by molar-refractivity contribution is -0.113. The van der Waals surface area contributed by atoms with Crippen LogP contribution in [-0.4, -0.2) is 26.2 Å². The maximum atomic E-state index is 12.9. The van der Waals surface area contributed by atoms with Gasteiger partial charge in [0, 0.05) is 17.4 Å². The van der Waals surface area contributed by atoms with Gasteiger partial charge in [-0.3, -0.25) is 14.2 Å². The number of H-pyrrole nitrogens is 1. The minimum absolute atomic E-state index is 0.000144. The summed E-state index contributed by atoms with van der Waals surface area (Å²) in [6.07, 6.45) is 1.76. The molecule has 0 aliphatic carbocycles. The Balaban J connectivity index is 1.80. The van der Waals surface area contributed by atoms with Crippen LogP contribution in [0, 0.1) is 6.92 Å². The standard InChI is InChI=1S/C21H26N4O2S/c1-5-14(4)25-20(27)19-17(11-13(3)22-19)24-21(25)28-12-18(26)23-16-9-7-15(6-2)8-10-16/h7-11,14,22H,5-6,12H2,1-4H3,(H,23,26)/t14-/m1/s1. The zero-order valence-electron chi connectivity index (χ0n) is 16.7. The highest BCUT2D eigenvalue weighted by Gasteiger charge is 2.18. The van der Waals surface area contributed by atoms with E-state index in [2.05, 4.69) is 22.2 Å². The number of benzene rings is 1. The Morgan fingerprint density at radius 3 is 2.64 bits per heavy atom. The van der Waals surface area contributed by atoms with Crippen LogP contribution >= 0.6 is 11.8 Å². The summed E-state index contributed by atoms with van der Waals surface area (Å²) in [6, 6.07) is 9.68. The second-order valence-corrected chi connectivity index (χ2v) is 7.87. The Labute approximate surface area is 168 Å². The molecule has 0 aliphatic heterocycles. The zero-order valence-corrected chi connectivity index (χ0v) is 17.5. The smallest absolute Gasteiger partial charge is 0.278 e. The Morgan fingerprint density at radius 2 is 2.00 bits per heavy atom. The number of carbonyl (C=O) groups is 1. The van der Waals surface area contributed by atoms with E-state index < -0.39 is 0 Å². The molecule has 0 bridgehead atoms. The van der Waals surface area contributed by atoms with Gasteiger partial charge in [-0.1, -0.05) is 37.7 Å². The number of aryl methyl sites for hydroxylation is 2. The lowest BCUT2D eigenvalue weighted by Crippen LogP contribution is -2.26. The quantitative estimate of drug-likeness (QED) is 0.459. The van der Waals surface area contributed by atoms with Crippen molar-refractivity contribution in [3.63, 3.8) is 0 Å². The van der Waals surface area contributed by atoms with Gasteiger partial charge < -0.3 is 10.3 Å². The van der Waals surface area contributed by atoms with Gasteiger partial charge in [0.2, 0.25) is 5.91 Å². The largest absolute Gasteiger partial charge is 0.353 e. The summed E-state index contributed by atoms with van der Waals surface area (Å²) < 4.78 is 1.69. The third kappa shape index (κ3) is 4.30. The van der Waals surface area contributed by atoms with Crippen LogP contribution in [0.1, 0.15) is 44.5 Å². The van der Waals surface area contributed by atoms with Gasteiger partial charge in [0.15, 0.2) is 5.16 Å². The number of amides is 1. The molecule has 6 nitrogen and oxygen atoms in total. The predicted molar refractivity (Wildman–Crippen MR) is 115 cm³/mol. The number of rotatable bonds is 7. The van der Waals surface area contributed by atoms with Crippen LogP contribution < -0.4 is 10.9 Å². The van der Waals surface area contributed by atoms with Crippen molar-refractivity contribution in [2.75, 3.05) is 11.1 Å². The molecule has 0 fully saturated rings. The molecule has 0 radical (unpaired) electrons. The van der Waals surface area contributed by atoms with Gasteiger partial charge in [-0.25, -0.2) is 4.98 Å². The summed E-state index contributed by atoms with van der Waals surface area (Å²) in [5.74, 6) is 0.0670. The van der Waals surface area contributed by atoms with Gasteiger partial charge in [0.05, 0.1) is 11.3 Å². The highest BCUT2D eigenvalue weighted by molar-refractivity contribution is 7.99. The molecule has 0 aliphatic rings. The maximum Gasteiger partial charge on any atom is 0.278 e. The Bertz CT molecular complexity index is 1040. The van der Waals surface area contributed by atoms with Crippen molar-refractivity contribution in [2.45, 2.75) is 51.7 Å². The molecule has 1 aromatic carbocycles. The van der Waals surface area contributed by atoms with Crippen molar-refractivity contribution < 1.29 is 4.79 Å². The summed E-state index contributed by atoms with van der Waals surface area (Å²) in [5, 5.41) is 3.47. The normalized spacial score (nSPS) is 12.3. The summed E-state index contributed by atoms with van der Waals surface area (Å²) in [5.41, 5.74) is 3.95.